The van der Waals surface area contributed by atoms with Crippen molar-refractivity contribution < 1.29 is 4.79 Å². The third kappa shape index (κ3) is 5.32. The number of likely N-dealkylation sites (N-methyl/N-ethyl adjacent to an activating group) is 1. The van der Waals surface area contributed by atoms with Gasteiger partial charge < -0.3 is 20.4 Å². The van der Waals surface area contributed by atoms with Gasteiger partial charge in [0.2, 0.25) is 11.9 Å². The highest BCUT2D eigenvalue weighted by Crippen LogP contribution is 2.30. The molecule has 2 aromatic carbocycles. The predicted molar refractivity (Wildman–Crippen MR) is 148 cm³/mol. The molecule has 4 aromatic rings. The second kappa shape index (κ2) is 10.4. The van der Waals surface area contributed by atoms with Crippen LogP contribution in [0.1, 0.15) is 0 Å². The summed E-state index contributed by atoms with van der Waals surface area (Å²) in [5.41, 5.74) is 2.97. The van der Waals surface area contributed by atoms with Gasteiger partial charge >= 0.3 is 0 Å². The zero-order valence-corrected chi connectivity index (χ0v) is 21.1. The number of anilines is 4. The third-order valence-corrected chi connectivity index (χ3v) is 6.57. The van der Waals surface area contributed by atoms with Gasteiger partial charge in [-0.25, -0.2) is 4.98 Å². The van der Waals surface area contributed by atoms with E-state index in [1.54, 1.807) is 36.5 Å². The van der Waals surface area contributed by atoms with Gasteiger partial charge in [-0.3, -0.25) is 14.2 Å². The molecule has 37 heavy (non-hydrogen) atoms. The zero-order valence-electron chi connectivity index (χ0n) is 20.3. The molecule has 0 atom stereocenters. The molecule has 0 bridgehead atoms. The van der Waals surface area contributed by atoms with Crippen LogP contribution in [0, 0.1) is 0 Å². The lowest BCUT2D eigenvalue weighted by atomic mass is 10.2. The van der Waals surface area contributed by atoms with Crippen molar-refractivity contribution in [2.45, 2.75) is 0 Å². The Bertz CT molecular complexity index is 1540. The van der Waals surface area contributed by atoms with E-state index in [2.05, 4.69) is 44.0 Å². The minimum atomic E-state index is -0.341. The molecular weight excluding hydrogens is 490 g/mol. The topological polar surface area (TPSA) is 95.4 Å². The molecule has 0 spiro atoms. The number of hydrogen-bond acceptors (Lipinski definition) is 7. The van der Waals surface area contributed by atoms with Crippen molar-refractivity contribution in [2.24, 2.45) is 0 Å². The number of rotatable bonds is 6. The Morgan fingerprint density at radius 2 is 1.86 bits per heavy atom. The van der Waals surface area contributed by atoms with Crippen LogP contribution in [-0.2, 0) is 4.79 Å². The summed E-state index contributed by atoms with van der Waals surface area (Å²) in [4.78, 5) is 38.3. The van der Waals surface area contributed by atoms with Crippen LogP contribution in [-0.4, -0.2) is 58.6 Å². The standard InChI is InChI=1S/C27H26ClN7O2/c1-3-24(36)30-19-5-4-6-21(15-19)35-25(37)10-7-18-17-29-27(32-26(18)35)31-23-9-8-20(16-22(23)28)34-13-11-33(2)12-14-34/h3-10,15-17H,1,11-14H2,2H3,(H,30,36)(H,29,31,32). The van der Waals surface area contributed by atoms with E-state index in [4.69, 9.17) is 11.6 Å². The molecule has 1 saturated heterocycles. The largest absolute Gasteiger partial charge is 0.369 e. The van der Waals surface area contributed by atoms with E-state index in [1.807, 2.05) is 18.2 Å². The van der Waals surface area contributed by atoms with E-state index >= 15 is 0 Å². The van der Waals surface area contributed by atoms with Crippen molar-refractivity contribution in [2.75, 3.05) is 48.8 Å². The summed E-state index contributed by atoms with van der Waals surface area (Å²) < 4.78 is 1.48. The van der Waals surface area contributed by atoms with Crippen molar-refractivity contribution in [1.29, 1.82) is 0 Å². The predicted octanol–water partition coefficient (Wildman–Crippen LogP) is 4.05. The Kier molecular flexibility index (Phi) is 6.89. The summed E-state index contributed by atoms with van der Waals surface area (Å²) >= 11 is 6.62. The summed E-state index contributed by atoms with van der Waals surface area (Å²) in [6.45, 7) is 7.38. The fraction of sp³-hybridized carbons (Fsp3) is 0.185. The van der Waals surface area contributed by atoms with Crippen LogP contribution in [0.25, 0.3) is 16.7 Å². The van der Waals surface area contributed by atoms with Crippen LogP contribution in [0.2, 0.25) is 5.02 Å². The molecule has 0 saturated carbocycles. The number of fused-ring (bicyclic) bond motifs is 1. The van der Waals surface area contributed by atoms with Crippen LogP contribution < -0.4 is 21.1 Å². The van der Waals surface area contributed by atoms with E-state index < -0.39 is 0 Å². The van der Waals surface area contributed by atoms with E-state index in [0.29, 0.717) is 39.1 Å². The number of amides is 1. The Balaban J connectivity index is 1.46. The molecule has 1 aliphatic heterocycles. The summed E-state index contributed by atoms with van der Waals surface area (Å²) in [6, 6.07) is 16.0. The molecule has 9 nitrogen and oxygen atoms in total. The summed E-state index contributed by atoms with van der Waals surface area (Å²) in [5.74, 6) is -0.0380. The van der Waals surface area contributed by atoms with Crippen LogP contribution in [0.3, 0.4) is 0 Å². The van der Waals surface area contributed by atoms with Gasteiger partial charge in [-0.1, -0.05) is 24.2 Å². The second-order valence-corrected chi connectivity index (χ2v) is 9.21. The average molecular weight is 516 g/mol. The highest BCUT2D eigenvalue weighted by molar-refractivity contribution is 6.33. The number of pyridine rings is 1. The molecule has 0 unspecified atom stereocenters. The number of carbonyl (C=O) groups excluding carboxylic acids is 1. The van der Waals surface area contributed by atoms with Crippen molar-refractivity contribution in [3.05, 3.63) is 88.8 Å². The number of halogens is 1. The smallest absolute Gasteiger partial charge is 0.256 e. The summed E-state index contributed by atoms with van der Waals surface area (Å²) in [6.07, 6.45) is 2.83. The number of piperazine rings is 1. The van der Waals surface area contributed by atoms with E-state index in [9.17, 15) is 9.59 Å². The lowest BCUT2D eigenvalue weighted by Crippen LogP contribution is -2.44. The maximum Gasteiger partial charge on any atom is 0.256 e. The number of nitrogens with zero attached hydrogens (tertiary/aromatic N) is 5. The molecule has 2 N–H and O–H groups in total. The first-order valence-electron chi connectivity index (χ1n) is 11.8. The van der Waals surface area contributed by atoms with Gasteiger partial charge in [0.05, 0.1) is 16.4 Å². The second-order valence-electron chi connectivity index (χ2n) is 8.80. The molecule has 1 fully saturated rings. The van der Waals surface area contributed by atoms with Crippen LogP contribution in [0.15, 0.2) is 78.2 Å². The van der Waals surface area contributed by atoms with E-state index in [-0.39, 0.29) is 11.5 Å². The maximum atomic E-state index is 12.9. The van der Waals surface area contributed by atoms with Gasteiger partial charge in [0.15, 0.2) is 5.65 Å². The van der Waals surface area contributed by atoms with E-state index in [1.165, 1.54) is 16.7 Å². The minimum absolute atomic E-state index is 0.265. The lowest BCUT2D eigenvalue weighted by Gasteiger charge is -2.34. The molecule has 10 heteroatoms. The molecule has 5 rings (SSSR count). The normalized spacial score (nSPS) is 13.9. The zero-order chi connectivity index (χ0) is 25.9. The number of aromatic nitrogens is 3. The molecule has 3 heterocycles. The number of benzene rings is 2. The van der Waals surface area contributed by atoms with Gasteiger partial charge in [0, 0.05) is 55.2 Å². The van der Waals surface area contributed by atoms with Crippen LogP contribution in [0.4, 0.5) is 23.0 Å². The minimum Gasteiger partial charge on any atom is -0.369 e. The molecule has 1 aliphatic rings. The molecule has 0 radical (unpaired) electrons. The maximum absolute atomic E-state index is 12.9. The highest BCUT2D eigenvalue weighted by atomic mass is 35.5. The lowest BCUT2D eigenvalue weighted by molar-refractivity contribution is -0.111. The summed E-state index contributed by atoms with van der Waals surface area (Å²) in [5, 5.41) is 7.13. The van der Waals surface area contributed by atoms with Gasteiger partial charge in [-0.2, -0.15) is 4.98 Å². The first-order valence-corrected chi connectivity index (χ1v) is 12.2. The van der Waals surface area contributed by atoms with Gasteiger partial charge in [-0.15, -0.1) is 0 Å². The SMILES string of the molecule is C=CC(=O)Nc1cccc(-n2c(=O)ccc3cnc(Nc4ccc(N5CCN(C)CC5)cc4Cl)nc32)c1. The Hall–Kier alpha value is -4.21. The van der Waals surface area contributed by atoms with Crippen molar-refractivity contribution in [3.8, 4) is 5.69 Å². The van der Waals surface area contributed by atoms with Crippen LogP contribution >= 0.6 is 11.6 Å². The van der Waals surface area contributed by atoms with Crippen molar-refractivity contribution >= 4 is 51.6 Å². The van der Waals surface area contributed by atoms with E-state index in [0.717, 1.165) is 31.9 Å². The molecule has 188 valence electrons. The molecule has 0 aliphatic carbocycles. The fourth-order valence-corrected chi connectivity index (χ4v) is 4.45. The first-order chi connectivity index (χ1) is 17.9. The number of nitrogens with one attached hydrogen (secondary N) is 2. The van der Waals surface area contributed by atoms with Gasteiger partial charge in [0.25, 0.3) is 5.56 Å². The molecular formula is C27H26ClN7O2. The monoisotopic (exact) mass is 515 g/mol. The van der Waals surface area contributed by atoms with Crippen LogP contribution in [0.5, 0.6) is 0 Å². The first kappa shape index (κ1) is 24.5. The Morgan fingerprint density at radius 3 is 2.62 bits per heavy atom. The molecule has 1 amide bonds. The summed E-state index contributed by atoms with van der Waals surface area (Å²) in [7, 11) is 2.12. The highest BCUT2D eigenvalue weighted by Gasteiger charge is 2.16. The van der Waals surface area contributed by atoms with Crippen molar-refractivity contribution in [1.82, 2.24) is 19.4 Å². The Labute approximate surface area is 219 Å². The van der Waals surface area contributed by atoms with Gasteiger partial charge in [-0.05, 0) is 55.6 Å². The molecule has 2 aromatic heterocycles. The van der Waals surface area contributed by atoms with Gasteiger partial charge in [0.1, 0.15) is 0 Å². The number of carbonyl (C=O) groups is 1. The Morgan fingerprint density at radius 1 is 1.05 bits per heavy atom. The average Bonchev–Trinajstić information content (AvgIpc) is 2.90. The quantitative estimate of drug-likeness (QED) is 0.374. The number of hydrogen-bond donors (Lipinski definition) is 2. The fourth-order valence-electron chi connectivity index (χ4n) is 4.23. The van der Waals surface area contributed by atoms with Crippen molar-refractivity contribution in [3.63, 3.8) is 0 Å². The third-order valence-electron chi connectivity index (χ3n) is 6.26.